The summed E-state index contributed by atoms with van der Waals surface area (Å²) in [6.45, 7) is 6.97. The lowest BCUT2D eigenvalue weighted by Crippen LogP contribution is -2.37. The Morgan fingerprint density at radius 1 is 1.30 bits per heavy atom. The third-order valence-electron chi connectivity index (χ3n) is 3.50. The summed E-state index contributed by atoms with van der Waals surface area (Å²) in [7, 11) is 1.76. The standard InChI is InChI=1S/C16H25N3O/c1-4-10-17-13(12-20-3)11-19-15-9-7-6-8-14(15)18-16(19)5-2/h6-9,13,17H,4-5,10-12H2,1-3H3. The monoisotopic (exact) mass is 275 g/mol. The third kappa shape index (κ3) is 3.38. The number of methoxy groups -OCH3 is 1. The van der Waals surface area contributed by atoms with E-state index in [9.17, 15) is 0 Å². The highest BCUT2D eigenvalue weighted by Gasteiger charge is 2.14. The molecule has 0 amide bonds. The van der Waals surface area contributed by atoms with Crippen molar-refractivity contribution in [3.63, 3.8) is 0 Å². The van der Waals surface area contributed by atoms with Crippen LogP contribution in [0.15, 0.2) is 24.3 Å². The SMILES string of the molecule is CCCNC(COC)Cn1c(CC)nc2ccccc21. The average Bonchev–Trinajstić information content (AvgIpc) is 2.83. The maximum Gasteiger partial charge on any atom is 0.109 e. The van der Waals surface area contributed by atoms with E-state index >= 15 is 0 Å². The number of rotatable bonds is 8. The number of fused-ring (bicyclic) bond motifs is 1. The van der Waals surface area contributed by atoms with Gasteiger partial charge in [0.25, 0.3) is 0 Å². The Morgan fingerprint density at radius 3 is 2.80 bits per heavy atom. The molecule has 1 atom stereocenters. The molecule has 1 heterocycles. The Bertz CT molecular complexity index is 536. The number of imidazole rings is 1. The smallest absolute Gasteiger partial charge is 0.109 e. The number of para-hydroxylation sites is 2. The molecule has 0 aliphatic rings. The molecule has 0 fully saturated rings. The minimum atomic E-state index is 0.322. The normalized spacial score (nSPS) is 12.9. The Morgan fingerprint density at radius 2 is 2.10 bits per heavy atom. The van der Waals surface area contributed by atoms with E-state index in [0.29, 0.717) is 6.04 Å². The topological polar surface area (TPSA) is 39.1 Å². The molecule has 0 radical (unpaired) electrons. The van der Waals surface area contributed by atoms with Crippen LogP contribution in [0.1, 0.15) is 26.1 Å². The zero-order valence-electron chi connectivity index (χ0n) is 12.7. The van der Waals surface area contributed by atoms with Crippen LogP contribution in [-0.4, -0.2) is 35.9 Å². The highest BCUT2D eigenvalue weighted by Crippen LogP contribution is 2.17. The molecule has 2 rings (SSSR count). The van der Waals surface area contributed by atoms with E-state index in [1.807, 2.05) is 6.07 Å². The van der Waals surface area contributed by atoms with Gasteiger partial charge in [-0.15, -0.1) is 0 Å². The fraction of sp³-hybridized carbons (Fsp3) is 0.562. The van der Waals surface area contributed by atoms with Crippen molar-refractivity contribution in [2.45, 2.75) is 39.3 Å². The summed E-state index contributed by atoms with van der Waals surface area (Å²) in [5.74, 6) is 1.14. The third-order valence-corrected chi connectivity index (χ3v) is 3.50. The van der Waals surface area contributed by atoms with Crippen LogP contribution in [0, 0.1) is 0 Å². The Kier molecular flexibility index (Phi) is 5.56. The van der Waals surface area contributed by atoms with Crippen molar-refractivity contribution in [1.29, 1.82) is 0 Å². The second kappa shape index (κ2) is 7.41. The molecule has 0 saturated carbocycles. The molecule has 0 aliphatic heterocycles. The first-order valence-electron chi connectivity index (χ1n) is 7.46. The number of hydrogen-bond donors (Lipinski definition) is 1. The summed E-state index contributed by atoms with van der Waals surface area (Å²) in [6, 6.07) is 8.66. The van der Waals surface area contributed by atoms with Gasteiger partial charge in [0.1, 0.15) is 5.82 Å². The second-order valence-corrected chi connectivity index (χ2v) is 5.09. The number of nitrogens with one attached hydrogen (secondary N) is 1. The number of benzene rings is 1. The molecule has 0 spiro atoms. The van der Waals surface area contributed by atoms with Crippen LogP contribution < -0.4 is 5.32 Å². The van der Waals surface area contributed by atoms with E-state index in [1.165, 1.54) is 5.52 Å². The van der Waals surface area contributed by atoms with E-state index in [-0.39, 0.29) is 0 Å². The van der Waals surface area contributed by atoms with Crippen molar-refractivity contribution in [2.24, 2.45) is 0 Å². The van der Waals surface area contributed by atoms with Gasteiger partial charge < -0.3 is 14.6 Å². The lowest BCUT2D eigenvalue weighted by Gasteiger charge is -2.20. The number of aryl methyl sites for hydroxylation is 1. The Labute approximate surface area is 121 Å². The molecule has 0 aliphatic carbocycles. The van der Waals surface area contributed by atoms with Crippen molar-refractivity contribution in [2.75, 3.05) is 20.3 Å². The highest BCUT2D eigenvalue weighted by molar-refractivity contribution is 5.75. The number of hydrogen-bond acceptors (Lipinski definition) is 3. The molecule has 1 aromatic carbocycles. The summed E-state index contributed by atoms with van der Waals surface area (Å²) >= 11 is 0. The highest BCUT2D eigenvalue weighted by atomic mass is 16.5. The molecular weight excluding hydrogens is 250 g/mol. The number of aromatic nitrogens is 2. The molecular formula is C16H25N3O. The van der Waals surface area contributed by atoms with Gasteiger partial charge in [0, 0.05) is 26.1 Å². The van der Waals surface area contributed by atoms with Gasteiger partial charge in [-0.3, -0.25) is 0 Å². The van der Waals surface area contributed by atoms with Gasteiger partial charge in [-0.25, -0.2) is 4.98 Å². The maximum absolute atomic E-state index is 5.34. The molecule has 0 saturated heterocycles. The van der Waals surface area contributed by atoms with Crippen LogP contribution in [-0.2, 0) is 17.7 Å². The van der Waals surface area contributed by atoms with Crippen LogP contribution in [0.25, 0.3) is 11.0 Å². The Hall–Kier alpha value is -1.39. The first-order valence-corrected chi connectivity index (χ1v) is 7.46. The Balaban J connectivity index is 2.25. The van der Waals surface area contributed by atoms with E-state index in [4.69, 9.17) is 9.72 Å². The summed E-state index contributed by atoms with van der Waals surface area (Å²) in [6.07, 6.45) is 2.08. The van der Waals surface area contributed by atoms with Gasteiger partial charge in [0.15, 0.2) is 0 Å². The predicted molar refractivity (Wildman–Crippen MR) is 83.1 cm³/mol. The molecule has 1 unspecified atom stereocenters. The fourth-order valence-electron chi connectivity index (χ4n) is 2.55. The quantitative estimate of drug-likeness (QED) is 0.805. The van der Waals surface area contributed by atoms with Crippen LogP contribution >= 0.6 is 0 Å². The van der Waals surface area contributed by atoms with Crippen molar-refractivity contribution in [3.8, 4) is 0 Å². The maximum atomic E-state index is 5.34. The van der Waals surface area contributed by atoms with Crippen molar-refractivity contribution >= 4 is 11.0 Å². The van der Waals surface area contributed by atoms with Crippen LogP contribution in [0.4, 0.5) is 0 Å². The first-order chi connectivity index (χ1) is 9.80. The minimum Gasteiger partial charge on any atom is -0.383 e. The number of nitrogens with zero attached hydrogens (tertiary/aromatic N) is 2. The van der Waals surface area contributed by atoms with Crippen LogP contribution in [0.2, 0.25) is 0 Å². The van der Waals surface area contributed by atoms with E-state index in [1.54, 1.807) is 7.11 Å². The van der Waals surface area contributed by atoms with Gasteiger partial charge in [-0.1, -0.05) is 26.0 Å². The second-order valence-electron chi connectivity index (χ2n) is 5.09. The fourth-order valence-corrected chi connectivity index (χ4v) is 2.55. The average molecular weight is 275 g/mol. The van der Waals surface area contributed by atoms with Crippen molar-refractivity contribution in [1.82, 2.24) is 14.9 Å². The zero-order valence-corrected chi connectivity index (χ0v) is 12.7. The van der Waals surface area contributed by atoms with Crippen molar-refractivity contribution in [3.05, 3.63) is 30.1 Å². The summed E-state index contributed by atoms with van der Waals surface area (Å²) in [4.78, 5) is 4.72. The minimum absolute atomic E-state index is 0.322. The summed E-state index contributed by atoms with van der Waals surface area (Å²) in [5.41, 5.74) is 2.29. The molecule has 2 aromatic rings. The molecule has 1 aromatic heterocycles. The molecule has 1 N–H and O–H groups in total. The molecule has 20 heavy (non-hydrogen) atoms. The summed E-state index contributed by atoms with van der Waals surface area (Å²) in [5, 5.41) is 3.55. The summed E-state index contributed by atoms with van der Waals surface area (Å²) < 4.78 is 7.66. The molecule has 110 valence electrons. The van der Waals surface area contributed by atoms with Gasteiger partial charge in [0.2, 0.25) is 0 Å². The van der Waals surface area contributed by atoms with E-state index < -0.39 is 0 Å². The lowest BCUT2D eigenvalue weighted by atomic mass is 10.2. The zero-order chi connectivity index (χ0) is 14.4. The van der Waals surface area contributed by atoms with Gasteiger partial charge in [-0.2, -0.15) is 0 Å². The first kappa shape index (κ1) is 15.0. The lowest BCUT2D eigenvalue weighted by molar-refractivity contribution is 0.159. The molecule has 4 nitrogen and oxygen atoms in total. The molecule has 4 heteroatoms. The largest absolute Gasteiger partial charge is 0.383 e. The van der Waals surface area contributed by atoms with Gasteiger partial charge in [0.05, 0.1) is 17.6 Å². The van der Waals surface area contributed by atoms with Gasteiger partial charge >= 0.3 is 0 Å². The number of ether oxygens (including phenoxy) is 1. The molecule has 0 bridgehead atoms. The van der Waals surface area contributed by atoms with Crippen molar-refractivity contribution < 1.29 is 4.74 Å². The van der Waals surface area contributed by atoms with Crippen LogP contribution in [0.5, 0.6) is 0 Å². The van der Waals surface area contributed by atoms with Gasteiger partial charge in [-0.05, 0) is 25.1 Å². The van der Waals surface area contributed by atoms with Crippen LogP contribution in [0.3, 0.4) is 0 Å². The van der Waals surface area contributed by atoms with E-state index in [0.717, 1.165) is 43.9 Å². The predicted octanol–water partition coefficient (Wildman–Crippen LogP) is 2.61. The van der Waals surface area contributed by atoms with E-state index in [2.05, 4.69) is 41.9 Å².